The van der Waals surface area contributed by atoms with Crippen molar-refractivity contribution < 1.29 is 4.74 Å². The Kier molecular flexibility index (Phi) is 2.52. The Labute approximate surface area is 85.9 Å². The molecule has 80 valence electrons. The molecule has 1 N–H and O–H groups in total. The second-order valence-electron chi connectivity index (χ2n) is 4.82. The molecule has 0 bridgehead atoms. The standard InChI is InChI=1S/C11H20N2O/c1-9(2)10(12)13-6-3-4-11(13)5-7-14-8-11/h9,12H,3-8H2,1-2H3. The van der Waals surface area contributed by atoms with Gasteiger partial charge in [0, 0.05) is 19.1 Å². The lowest BCUT2D eigenvalue weighted by Crippen LogP contribution is -2.49. The zero-order valence-corrected chi connectivity index (χ0v) is 9.18. The van der Waals surface area contributed by atoms with E-state index in [0.717, 1.165) is 32.0 Å². The highest BCUT2D eigenvalue weighted by molar-refractivity contribution is 5.82. The Hall–Kier alpha value is -0.570. The second-order valence-corrected chi connectivity index (χ2v) is 4.82. The molecular formula is C11H20N2O. The summed E-state index contributed by atoms with van der Waals surface area (Å²) in [5.41, 5.74) is 0.196. The molecule has 1 atom stereocenters. The van der Waals surface area contributed by atoms with Crippen LogP contribution in [0.1, 0.15) is 33.1 Å². The molecule has 2 saturated heterocycles. The molecule has 1 spiro atoms. The van der Waals surface area contributed by atoms with Gasteiger partial charge in [0.2, 0.25) is 0 Å². The maximum absolute atomic E-state index is 8.10. The fraction of sp³-hybridized carbons (Fsp3) is 0.909. The average Bonchev–Trinajstić information content (AvgIpc) is 2.76. The summed E-state index contributed by atoms with van der Waals surface area (Å²) in [5.74, 6) is 1.14. The lowest BCUT2D eigenvalue weighted by molar-refractivity contribution is 0.140. The van der Waals surface area contributed by atoms with Crippen LogP contribution in [0.2, 0.25) is 0 Å². The predicted molar refractivity (Wildman–Crippen MR) is 56.7 cm³/mol. The van der Waals surface area contributed by atoms with E-state index < -0.39 is 0 Å². The first kappa shape index (κ1) is 9.97. The molecule has 2 heterocycles. The van der Waals surface area contributed by atoms with Crippen LogP contribution in [0.5, 0.6) is 0 Å². The Morgan fingerprint density at radius 1 is 1.43 bits per heavy atom. The molecule has 0 aromatic rings. The van der Waals surface area contributed by atoms with Gasteiger partial charge in [-0.2, -0.15) is 0 Å². The van der Waals surface area contributed by atoms with Crippen LogP contribution in [0.25, 0.3) is 0 Å². The van der Waals surface area contributed by atoms with E-state index in [1.165, 1.54) is 12.8 Å². The number of likely N-dealkylation sites (tertiary alicyclic amines) is 1. The Morgan fingerprint density at radius 2 is 2.21 bits per heavy atom. The van der Waals surface area contributed by atoms with E-state index in [9.17, 15) is 0 Å². The van der Waals surface area contributed by atoms with Crippen molar-refractivity contribution in [2.75, 3.05) is 19.8 Å². The minimum atomic E-state index is 0.196. The van der Waals surface area contributed by atoms with Crippen LogP contribution in [-0.2, 0) is 4.74 Å². The average molecular weight is 196 g/mol. The van der Waals surface area contributed by atoms with Crippen molar-refractivity contribution in [2.45, 2.75) is 38.6 Å². The number of nitrogens with zero attached hydrogens (tertiary/aromatic N) is 1. The maximum Gasteiger partial charge on any atom is 0.0989 e. The first-order chi connectivity index (χ1) is 6.66. The van der Waals surface area contributed by atoms with Gasteiger partial charge in [-0.1, -0.05) is 13.8 Å². The van der Waals surface area contributed by atoms with Gasteiger partial charge in [0.1, 0.15) is 0 Å². The second kappa shape index (κ2) is 3.54. The maximum atomic E-state index is 8.10. The fourth-order valence-corrected chi connectivity index (χ4v) is 2.63. The van der Waals surface area contributed by atoms with E-state index in [4.69, 9.17) is 10.1 Å². The Bertz CT molecular complexity index is 226. The Morgan fingerprint density at radius 3 is 2.79 bits per heavy atom. The van der Waals surface area contributed by atoms with Crippen molar-refractivity contribution in [3.63, 3.8) is 0 Å². The number of ether oxygens (including phenoxy) is 1. The molecule has 0 aromatic carbocycles. The molecular weight excluding hydrogens is 176 g/mol. The summed E-state index contributed by atoms with van der Waals surface area (Å²) in [7, 11) is 0. The lowest BCUT2D eigenvalue weighted by Gasteiger charge is -2.37. The first-order valence-electron chi connectivity index (χ1n) is 5.59. The third-order valence-corrected chi connectivity index (χ3v) is 3.52. The summed E-state index contributed by atoms with van der Waals surface area (Å²) in [6.07, 6.45) is 3.54. The summed E-state index contributed by atoms with van der Waals surface area (Å²) >= 11 is 0. The number of rotatable bonds is 1. The van der Waals surface area contributed by atoms with Gasteiger partial charge in [0.05, 0.1) is 18.0 Å². The fourth-order valence-electron chi connectivity index (χ4n) is 2.63. The topological polar surface area (TPSA) is 36.3 Å². The highest BCUT2D eigenvalue weighted by Crippen LogP contribution is 2.37. The molecule has 0 saturated carbocycles. The molecule has 2 aliphatic rings. The van der Waals surface area contributed by atoms with Crippen molar-refractivity contribution >= 4 is 5.84 Å². The molecule has 0 aliphatic carbocycles. The molecule has 2 aliphatic heterocycles. The van der Waals surface area contributed by atoms with Gasteiger partial charge in [-0.15, -0.1) is 0 Å². The molecule has 0 radical (unpaired) electrons. The molecule has 2 fully saturated rings. The predicted octanol–water partition coefficient (Wildman–Crippen LogP) is 1.87. The van der Waals surface area contributed by atoms with Gasteiger partial charge in [-0.05, 0) is 19.3 Å². The molecule has 3 heteroatoms. The van der Waals surface area contributed by atoms with Crippen LogP contribution in [0, 0.1) is 11.3 Å². The Balaban J connectivity index is 2.14. The van der Waals surface area contributed by atoms with E-state index in [0.29, 0.717) is 5.92 Å². The minimum absolute atomic E-state index is 0.196. The van der Waals surface area contributed by atoms with E-state index in [1.54, 1.807) is 0 Å². The van der Waals surface area contributed by atoms with Gasteiger partial charge in [-0.25, -0.2) is 0 Å². The smallest absolute Gasteiger partial charge is 0.0989 e. The highest BCUT2D eigenvalue weighted by atomic mass is 16.5. The quantitative estimate of drug-likeness (QED) is 0.513. The third kappa shape index (κ3) is 1.44. The summed E-state index contributed by atoms with van der Waals surface area (Å²) in [6.45, 7) is 6.97. The zero-order valence-electron chi connectivity index (χ0n) is 9.18. The van der Waals surface area contributed by atoms with E-state index in [2.05, 4.69) is 18.7 Å². The van der Waals surface area contributed by atoms with Crippen molar-refractivity contribution in [1.82, 2.24) is 4.90 Å². The van der Waals surface area contributed by atoms with Crippen LogP contribution < -0.4 is 0 Å². The van der Waals surface area contributed by atoms with E-state index >= 15 is 0 Å². The summed E-state index contributed by atoms with van der Waals surface area (Å²) in [5, 5.41) is 8.10. The van der Waals surface area contributed by atoms with Crippen molar-refractivity contribution in [3.05, 3.63) is 0 Å². The van der Waals surface area contributed by atoms with Crippen LogP contribution in [0.4, 0.5) is 0 Å². The van der Waals surface area contributed by atoms with Crippen molar-refractivity contribution in [2.24, 2.45) is 5.92 Å². The SMILES string of the molecule is CC(C)C(=N)N1CCCC12CCOC2. The van der Waals surface area contributed by atoms with Gasteiger partial charge >= 0.3 is 0 Å². The zero-order chi connectivity index (χ0) is 10.2. The minimum Gasteiger partial charge on any atom is -0.379 e. The number of hydrogen-bond acceptors (Lipinski definition) is 2. The van der Waals surface area contributed by atoms with Gasteiger partial charge in [-0.3, -0.25) is 5.41 Å². The van der Waals surface area contributed by atoms with Crippen molar-refractivity contribution in [3.8, 4) is 0 Å². The van der Waals surface area contributed by atoms with Gasteiger partial charge in [0.25, 0.3) is 0 Å². The molecule has 1 unspecified atom stereocenters. The normalized spacial score (nSPS) is 32.1. The number of amidine groups is 1. The largest absolute Gasteiger partial charge is 0.379 e. The number of nitrogens with one attached hydrogen (secondary N) is 1. The lowest BCUT2D eigenvalue weighted by atomic mass is 9.94. The third-order valence-electron chi connectivity index (χ3n) is 3.52. The van der Waals surface area contributed by atoms with E-state index in [-0.39, 0.29) is 5.54 Å². The monoisotopic (exact) mass is 196 g/mol. The van der Waals surface area contributed by atoms with Crippen molar-refractivity contribution in [1.29, 1.82) is 5.41 Å². The van der Waals surface area contributed by atoms with Crippen LogP contribution in [0.15, 0.2) is 0 Å². The molecule has 3 nitrogen and oxygen atoms in total. The molecule has 0 amide bonds. The molecule has 0 aromatic heterocycles. The van der Waals surface area contributed by atoms with Crippen LogP contribution in [-0.4, -0.2) is 36.0 Å². The van der Waals surface area contributed by atoms with Crippen LogP contribution >= 0.6 is 0 Å². The van der Waals surface area contributed by atoms with E-state index in [1.807, 2.05) is 0 Å². The molecule has 14 heavy (non-hydrogen) atoms. The summed E-state index contributed by atoms with van der Waals surface area (Å²) < 4.78 is 5.50. The van der Waals surface area contributed by atoms with Crippen LogP contribution in [0.3, 0.4) is 0 Å². The summed E-state index contributed by atoms with van der Waals surface area (Å²) in [4.78, 5) is 2.30. The van der Waals surface area contributed by atoms with Gasteiger partial charge in [0.15, 0.2) is 0 Å². The highest BCUT2D eigenvalue weighted by Gasteiger charge is 2.45. The molecule has 2 rings (SSSR count). The number of hydrogen-bond donors (Lipinski definition) is 1. The first-order valence-corrected chi connectivity index (χ1v) is 5.59. The van der Waals surface area contributed by atoms with Gasteiger partial charge < -0.3 is 9.64 Å². The summed E-state index contributed by atoms with van der Waals surface area (Å²) in [6, 6.07) is 0.